The predicted molar refractivity (Wildman–Crippen MR) is 116 cm³/mol. The van der Waals surface area contributed by atoms with Gasteiger partial charge in [-0.3, -0.25) is 15.4 Å². The molecule has 2 atom stereocenters. The number of Topliss-reactive ketones (excluding diaryl/α,β-unsaturated/α-hetero) is 1. The minimum atomic E-state index is -1.71. The Bertz CT molecular complexity index is 787. The molecule has 1 aliphatic rings. The molecule has 3 N–H and O–H groups in total. The van der Waals surface area contributed by atoms with Gasteiger partial charge in [-0.1, -0.05) is 42.5 Å². The molecule has 0 spiro atoms. The largest absolute Gasteiger partial charge is 0.497 e. The Hall–Kier alpha value is -2.25. The Morgan fingerprint density at radius 1 is 1.17 bits per heavy atom. The van der Waals surface area contributed by atoms with Crippen LogP contribution < -0.4 is 10.5 Å². The van der Waals surface area contributed by atoms with Crippen LogP contribution >= 0.6 is 0 Å². The Labute approximate surface area is 178 Å². The summed E-state index contributed by atoms with van der Waals surface area (Å²) >= 11 is 0. The van der Waals surface area contributed by atoms with E-state index < -0.39 is 11.6 Å². The summed E-state index contributed by atoms with van der Waals surface area (Å²) in [5, 5.41) is 11.2. The molecule has 0 radical (unpaired) electrons. The number of ketones is 1. The zero-order valence-electron chi connectivity index (χ0n) is 17.6. The number of morpholine rings is 1. The first kappa shape index (κ1) is 22.4. The quantitative estimate of drug-likeness (QED) is 0.583. The second kappa shape index (κ2) is 10.7. The maximum absolute atomic E-state index is 13.2. The van der Waals surface area contributed by atoms with Crippen LogP contribution in [0, 0.1) is 5.92 Å². The maximum Gasteiger partial charge on any atom is 0.150 e. The highest BCUT2D eigenvalue weighted by Gasteiger charge is 2.40. The van der Waals surface area contributed by atoms with Gasteiger partial charge in [0.1, 0.15) is 11.5 Å². The molecule has 2 aromatic rings. The lowest BCUT2D eigenvalue weighted by molar-refractivity contribution is -0.135. The first-order valence-electron chi connectivity index (χ1n) is 10.5. The molecule has 0 bridgehead atoms. The number of aryl methyl sites for hydroxylation is 1. The van der Waals surface area contributed by atoms with Crippen LogP contribution in [-0.4, -0.2) is 55.7 Å². The van der Waals surface area contributed by atoms with Crippen molar-refractivity contribution in [3.05, 3.63) is 65.7 Å². The molecule has 1 saturated heterocycles. The number of aliphatic hydroxyl groups is 1. The van der Waals surface area contributed by atoms with Crippen molar-refractivity contribution < 1.29 is 19.4 Å². The highest BCUT2D eigenvalue weighted by Crippen LogP contribution is 2.28. The van der Waals surface area contributed by atoms with Crippen LogP contribution in [0.4, 0.5) is 0 Å². The van der Waals surface area contributed by atoms with Crippen molar-refractivity contribution in [3.8, 4) is 5.75 Å². The van der Waals surface area contributed by atoms with E-state index in [1.807, 2.05) is 42.5 Å². The van der Waals surface area contributed by atoms with Crippen LogP contribution in [0.15, 0.2) is 54.6 Å². The zero-order chi connectivity index (χ0) is 21.4. The molecule has 2 aromatic carbocycles. The van der Waals surface area contributed by atoms with Gasteiger partial charge in [0.15, 0.2) is 5.72 Å². The van der Waals surface area contributed by atoms with Gasteiger partial charge < -0.3 is 14.6 Å². The van der Waals surface area contributed by atoms with Crippen LogP contribution in [0.5, 0.6) is 5.75 Å². The number of hydrogen-bond donors (Lipinski definition) is 2. The maximum atomic E-state index is 13.2. The number of ether oxygens (including phenoxy) is 2. The molecule has 1 aliphatic heterocycles. The highest BCUT2D eigenvalue weighted by atomic mass is 16.5. The zero-order valence-corrected chi connectivity index (χ0v) is 17.6. The molecule has 0 aromatic heterocycles. The fraction of sp³-hybridized carbons (Fsp3) is 0.458. The van der Waals surface area contributed by atoms with Crippen molar-refractivity contribution in [2.75, 3.05) is 40.0 Å². The van der Waals surface area contributed by atoms with E-state index in [2.05, 4.69) is 4.90 Å². The lowest BCUT2D eigenvalue weighted by atomic mass is 9.84. The van der Waals surface area contributed by atoms with Crippen LogP contribution in [-0.2, 0) is 21.7 Å². The van der Waals surface area contributed by atoms with Crippen molar-refractivity contribution in [2.45, 2.75) is 25.0 Å². The van der Waals surface area contributed by atoms with E-state index in [9.17, 15) is 9.90 Å². The van der Waals surface area contributed by atoms with Gasteiger partial charge in [-0.05, 0) is 36.1 Å². The first-order chi connectivity index (χ1) is 14.5. The third-order valence-corrected chi connectivity index (χ3v) is 5.75. The summed E-state index contributed by atoms with van der Waals surface area (Å²) in [5.74, 6) is 0.106. The predicted octanol–water partition coefficient (Wildman–Crippen LogP) is 2.34. The number of hydrogen-bond acceptors (Lipinski definition) is 6. The second-order valence-electron chi connectivity index (χ2n) is 7.82. The minimum absolute atomic E-state index is 0.0103. The summed E-state index contributed by atoms with van der Waals surface area (Å²) in [5.41, 5.74) is 6.38. The molecular weight excluding hydrogens is 380 g/mol. The summed E-state index contributed by atoms with van der Waals surface area (Å²) in [6.07, 6.45) is 1.86. The monoisotopic (exact) mass is 412 g/mol. The average molecular weight is 413 g/mol. The SMILES string of the molecule is COc1ccc(CCCC(=O)C(CN2CCOCC2)C(N)(O)c2ccccc2)cc1. The van der Waals surface area contributed by atoms with Crippen molar-refractivity contribution in [2.24, 2.45) is 11.7 Å². The second-order valence-corrected chi connectivity index (χ2v) is 7.82. The van der Waals surface area contributed by atoms with Crippen molar-refractivity contribution in [3.63, 3.8) is 0 Å². The van der Waals surface area contributed by atoms with E-state index in [4.69, 9.17) is 15.2 Å². The summed E-state index contributed by atoms with van der Waals surface area (Å²) in [4.78, 5) is 15.4. The van der Waals surface area contributed by atoms with Crippen LogP contribution in [0.2, 0.25) is 0 Å². The van der Waals surface area contributed by atoms with Crippen LogP contribution in [0.25, 0.3) is 0 Å². The van der Waals surface area contributed by atoms with Crippen LogP contribution in [0.1, 0.15) is 24.0 Å². The van der Waals surface area contributed by atoms with E-state index in [1.165, 1.54) is 0 Å². The third kappa shape index (κ3) is 5.89. The molecular formula is C24H32N2O4. The van der Waals surface area contributed by atoms with E-state index in [0.717, 1.165) is 30.8 Å². The summed E-state index contributed by atoms with van der Waals surface area (Å²) < 4.78 is 10.6. The van der Waals surface area contributed by atoms with Gasteiger partial charge in [0, 0.05) is 26.1 Å². The fourth-order valence-corrected chi connectivity index (χ4v) is 3.87. The summed E-state index contributed by atoms with van der Waals surface area (Å²) in [7, 11) is 1.64. The number of carbonyl (C=O) groups is 1. The molecule has 0 saturated carbocycles. The number of nitrogens with zero attached hydrogens (tertiary/aromatic N) is 1. The smallest absolute Gasteiger partial charge is 0.150 e. The standard InChI is InChI=1S/C24H32N2O4/c1-29-21-12-10-19(11-13-21)6-5-9-23(27)22(18-26-14-16-30-17-15-26)24(25,28)20-7-3-2-4-8-20/h2-4,7-8,10-13,22,28H,5-6,9,14-18,25H2,1H3. The lowest BCUT2D eigenvalue weighted by Gasteiger charge is -2.37. The molecule has 0 amide bonds. The van der Waals surface area contributed by atoms with E-state index >= 15 is 0 Å². The molecule has 0 aliphatic carbocycles. The average Bonchev–Trinajstić information content (AvgIpc) is 2.79. The molecule has 1 fully saturated rings. The Morgan fingerprint density at radius 2 is 1.83 bits per heavy atom. The minimum Gasteiger partial charge on any atom is -0.497 e. The van der Waals surface area contributed by atoms with Gasteiger partial charge >= 0.3 is 0 Å². The highest BCUT2D eigenvalue weighted by molar-refractivity contribution is 5.82. The van der Waals surface area contributed by atoms with E-state index in [1.54, 1.807) is 19.2 Å². The number of carbonyl (C=O) groups excluding carboxylic acids is 1. The Morgan fingerprint density at radius 3 is 2.47 bits per heavy atom. The summed E-state index contributed by atoms with van der Waals surface area (Å²) in [6, 6.07) is 16.9. The molecule has 3 rings (SSSR count). The molecule has 162 valence electrons. The lowest BCUT2D eigenvalue weighted by Crippen LogP contribution is -2.53. The van der Waals surface area contributed by atoms with Gasteiger partial charge in [0.2, 0.25) is 0 Å². The van der Waals surface area contributed by atoms with Crippen LogP contribution in [0.3, 0.4) is 0 Å². The number of benzene rings is 2. The topological polar surface area (TPSA) is 85.0 Å². The number of methoxy groups -OCH3 is 1. The fourth-order valence-electron chi connectivity index (χ4n) is 3.87. The molecule has 6 heteroatoms. The normalized spacial score (nSPS) is 17.8. The third-order valence-electron chi connectivity index (χ3n) is 5.75. The van der Waals surface area contributed by atoms with Gasteiger partial charge in [-0.25, -0.2) is 0 Å². The van der Waals surface area contributed by atoms with Crippen molar-refractivity contribution >= 4 is 5.78 Å². The number of rotatable bonds is 10. The molecule has 6 nitrogen and oxygen atoms in total. The first-order valence-corrected chi connectivity index (χ1v) is 10.5. The van der Waals surface area contributed by atoms with Gasteiger partial charge in [0.25, 0.3) is 0 Å². The van der Waals surface area contributed by atoms with Crippen molar-refractivity contribution in [1.29, 1.82) is 0 Å². The Balaban J connectivity index is 1.67. The van der Waals surface area contributed by atoms with Crippen molar-refractivity contribution in [1.82, 2.24) is 4.90 Å². The molecule has 30 heavy (non-hydrogen) atoms. The van der Waals surface area contributed by atoms with Gasteiger partial charge in [0.05, 0.1) is 26.2 Å². The Kier molecular flexibility index (Phi) is 7.99. The number of nitrogens with two attached hydrogens (primary N) is 1. The van der Waals surface area contributed by atoms with E-state index in [0.29, 0.717) is 38.2 Å². The summed E-state index contributed by atoms with van der Waals surface area (Å²) in [6.45, 7) is 3.16. The van der Waals surface area contributed by atoms with E-state index in [-0.39, 0.29) is 5.78 Å². The molecule has 1 heterocycles. The van der Waals surface area contributed by atoms with Gasteiger partial charge in [-0.2, -0.15) is 0 Å². The molecule has 2 unspecified atom stereocenters. The van der Waals surface area contributed by atoms with Gasteiger partial charge in [-0.15, -0.1) is 0 Å².